The van der Waals surface area contributed by atoms with Gasteiger partial charge in [-0.05, 0) is 44.0 Å². The van der Waals surface area contributed by atoms with Crippen molar-refractivity contribution in [1.82, 2.24) is 0 Å². The van der Waals surface area contributed by atoms with Gasteiger partial charge in [-0.1, -0.05) is 0 Å². The second-order valence-corrected chi connectivity index (χ2v) is 4.64. The van der Waals surface area contributed by atoms with Crippen LogP contribution in [0.4, 0.5) is 5.69 Å². The molecule has 0 fully saturated rings. The topological polar surface area (TPSA) is 20.3 Å². The molecule has 0 aliphatic carbocycles. The molecule has 1 aliphatic heterocycles. The number of benzene rings is 1. The number of likely N-dealkylation sites (N-methyl/N-ethyl adjacent to an activating group) is 1. The molecule has 0 atom stereocenters. The van der Waals surface area contributed by atoms with Crippen molar-refractivity contribution in [3.8, 4) is 0 Å². The summed E-state index contributed by atoms with van der Waals surface area (Å²) in [4.78, 5) is 13.1. The van der Waals surface area contributed by atoms with Gasteiger partial charge in [0.1, 0.15) is 0 Å². The molecule has 1 aromatic rings. The molecule has 1 aliphatic rings. The third-order valence-electron chi connectivity index (χ3n) is 2.23. The minimum absolute atomic E-state index is 0.147. The number of nitrogens with zero attached hydrogens (tertiary/aromatic N) is 1. The molecule has 0 bridgehead atoms. The van der Waals surface area contributed by atoms with E-state index in [0.717, 1.165) is 20.2 Å². The predicted octanol–water partition coefficient (Wildman–Crippen LogP) is 2.73. The summed E-state index contributed by atoms with van der Waals surface area (Å²) in [6.07, 6.45) is 0.492. The Bertz CT molecular complexity index is 389. The lowest BCUT2D eigenvalue weighted by Crippen LogP contribution is -2.20. The SMILES string of the molecule is CN1C(=O)Cc2c1ccc(Br)c2Br. The van der Waals surface area contributed by atoms with E-state index in [1.54, 1.807) is 11.9 Å². The Morgan fingerprint density at radius 3 is 2.77 bits per heavy atom. The van der Waals surface area contributed by atoms with Gasteiger partial charge in [-0.2, -0.15) is 0 Å². The third-order valence-corrected chi connectivity index (χ3v) is 4.33. The quantitative estimate of drug-likeness (QED) is 0.722. The van der Waals surface area contributed by atoms with Gasteiger partial charge in [0.05, 0.1) is 6.42 Å². The molecule has 0 saturated heterocycles. The van der Waals surface area contributed by atoms with Crippen LogP contribution in [0.5, 0.6) is 0 Å². The first-order valence-corrected chi connectivity index (χ1v) is 5.43. The van der Waals surface area contributed by atoms with Gasteiger partial charge >= 0.3 is 0 Å². The Morgan fingerprint density at radius 1 is 1.38 bits per heavy atom. The van der Waals surface area contributed by atoms with Crippen LogP contribution in [-0.2, 0) is 11.2 Å². The number of halogens is 2. The van der Waals surface area contributed by atoms with E-state index >= 15 is 0 Å². The second-order valence-electron chi connectivity index (χ2n) is 2.99. The molecule has 0 spiro atoms. The summed E-state index contributed by atoms with van der Waals surface area (Å²) in [5.41, 5.74) is 2.07. The summed E-state index contributed by atoms with van der Waals surface area (Å²) < 4.78 is 1.98. The Hall–Kier alpha value is -0.350. The van der Waals surface area contributed by atoms with Gasteiger partial charge in [0, 0.05) is 27.2 Å². The summed E-state index contributed by atoms with van der Waals surface area (Å²) in [6, 6.07) is 3.90. The number of anilines is 1. The van der Waals surface area contributed by atoms with E-state index in [4.69, 9.17) is 0 Å². The van der Waals surface area contributed by atoms with Crippen molar-refractivity contribution in [3.05, 3.63) is 26.6 Å². The maximum Gasteiger partial charge on any atom is 0.231 e. The van der Waals surface area contributed by atoms with E-state index < -0.39 is 0 Å². The van der Waals surface area contributed by atoms with Gasteiger partial charge in [-0.25, -0.2) is 0 Å². The molecule has 0 radical (unpaired) electrons. The molecule has 2 nitrogen and oxygen atoms in total. The average molecular weight is 305 g/mol. The summed E-state index contributed by atoms with van der Waals surface area (Å²) in [7, 11) is 1.80. The lowest BCUT2D eigenvalue weighted by atomic mass is 10.2. The molecule has 1 heterocycles. The molecule has 13 heavy (non-hydrogen) atoms. The molecule has 68 valence electrons. The van der Waals surface area contributed by atoms with Gasteiger partial charge in [-0.15, -0.1) is 0 Å². The lowest BCUT2D eigenvalue weighted by molar-refractivity contribution is -0.117. The number of amides is 1. The first kappa shape index (κ1) is 9.21. The highest BCUT2D eigenvalue weighted by atomic mass is 79.9. The second kappa shape index (κ2) is 3.10. The first-order chi connectivity index (χ1) is 6.11. The van der Waals surface area contributed by atoms with Crippen LogP contribution in [-0.4, -0.2) is 13.0 Å². The largest absolute Gasteiger partial charge is 0.315 e. The molecule has 0 aromatic heterocycles. The van der Waals surface area contributed by atoms with E-state index in [1.165, 1.54) is 0 Å². The zero-order valence-corrected chi connectivity index (χ0v) is 10.1. The fourth-order valence-electron chi connectivity index (χ4n) is 1.47. The third kappa shape index (κ3) is 1.32. The van der Waals surface area contributed by atoms with Crippen molar-refractivity contribution < 1.29 is 4.79 Å². The van der Waals surface area contributed by atoms with E-state index in [0.29, 0.717) is 6.42 Å². The molecule has 4 heteroatoms. The fourth-order valence-corrected chi connectivity index (χ4v) is 2.32. The van der Waals surface area contributed by atoms with E-state index in [2.05, 4.69) is 31.9 Å². The Morgan fingerprint density at radius 2 is 2.08 bits per heavy atom. The van der Waals surface area contributed by atoms with Gasteiger partial charge in [0.15, 0.2) is 0 Å². The maximum atomic E-state index is 11.4. The van der Waals surface area contributed by atoms with Gasteiger partial charge in [0.25, 0.3) is 0 Å². The Labute approximate surface area is 93.2 Å². The van der Waals surface area contributed by atoms with Gasteiger partial charge in [-0.3, -0.25) is 4.79 Å². The molecule has 2 rings (SSSR count). The molecular weight excluding hydrogens is 298 g/mol. The maximum absolute atomic E-state index is 11.4. The molecule has 1 amide bonds. The molecule has 0 saturated carbocycles. The smallest absolute Gasteiger partial charge is 0.231 e. The van der Waals surface area contributed by atoms with Crippen LogP contribution in [0.1, 0.15) is 5.56 Å². The Kier molecular flexibility index (Phi) is 2.20. The normalized spacial score (nSPS) is 15.0. The number of carbonyl (C=O) groups is 1. The summed E-state index contributed by atoms with van der Waals surface area (Å²) in [6.45, 7) is 0. The minimum atomic E-state index is 0.147. The van der Waals surface area contributed by atoms with Crippen LogP contribution in [0.25, 0.3) is 0 Å². The summed E-state index contributed by atoms with van der Waals surface area (Å²) >= 11 is 6.87. The number of hydrogen-bond donors (Lipinski definition) is 0. The number of fused-ring (bicyclic) bond motifs is 1. The van der Waals surface area contributed by atoms with Crippen molar-refractivity contribution in [3.63, 3.8) is 0 Å². The summed E-state index contributed by atoms with van der Waals surface area (Å²) in [5, 5.41) is 0. The van der Waals surface area contributed by atoms with Gasteiger partial charge < -0.3 is 4.90 Å². The summed E-state index contributed by atoms with van der Waals surface area (Å²) in [5.74, 6) is 0.147. The lowest BCUT2D eigenvalue weighted by Gasteiger charge is -2.10. The fraction of sp³-hybridized carbons (Fsp3) is 0.222. The number of hydrogen-bond acceptors (Lipinski definition) is 1. The number of rotatable bonds is 0. The average Bonchev–Trinajstić information content (AvgIpc) is 2.38. The van der Waals surface area contributed by atoms with Crippen LogP contribution in [0.15, 0.2) is 21.1 Å². The van der Waals surface area contributed by atoms with E-state index in [-0.39, 0.29) is 5.91 Å². The highest BCUT2D eigenvalue weighted by Gasteiger charge is 2.26. The molecule has 0 N–H and O–H groups in total. The highest BCUT2D eigenvalue weighted by Crippen LogP contribution is 2.37. The zero-order valence-electron chi connectivity index (χ0n) is 6.97. The van der Waals surface area contributed by atoms with E-state index in [9.17, 15) is 4.79 Å². The predicted molar refractivity (Wildman–Crippen MR) is 59.0 cm³/mol. The highest BCUT2D eigenvalue weighted by molar-refractivity contribution is 9.13. The van der Waals surface area contributed by atoms with Crippen LogP contribution >= 0.6 is 31.9 Å². The first-order valence-electron chi connectivity index (χ1n) is 3.84. The molecule has 1 aromatic carbocycles. The zero-order chi connectivity index (χ0) is 9.59. The van der Waals surface area contributed by atoms with Crippen molar-refractivity contribution in [2.45, 2.75) is 6.42 Å². The monoisotopic (exact) mass is 303 g/mol. The van der Waals surface area contributed by atoms with Crippen molar-refractivity contribution in [2.24, 2.45) is 0 Å². The van der Waals surface area contributed by atoms with Crippen molar-refractivity contribution in [2.75, 3.05) is 11.9 Å². The van der Waals surface area contributed by atoms with Crippen molar-refractivity contribution >= 4 is 43.5 Å². The van der Waals surface area contributed by atoms with E-state index in [1.807, 2.05) is 12.1 Å². The van der Waals surface area contributed by atoms with Crippen LogP contribution in [0.3, 0.4) is 0 Å². The van der Waals surface area contributed by atoms with Crippen LogP contribution < -0.4 is 4.90 Å². The molecule has 0 unspecified atom stereocenters. The minimum Gasteiger partial charge on any atom is -0.315 e. The molecular formula is C9H7Br2NO. The van der Waals surface area contributed by atoms with Gasteiger partial charge in [0.2, 0.25) is 5.91 Å². The standard InChI is InChI=1S/C9H7Br2NO/c1-12-7-3-2-6(10)9(11)5(7)4-8(12)13/h2-3H,4H2,1H3. The van der Waals surface area contributed by atoms with Crippen LogP contribution in [0, 0.1) is 0 Å². The number of carbonyl (C=O) groups excluding carboxylic acids is 1. The Balaban J connectivity index is 2.64. The van der Waals surface area contributed by atoms with Crippen molar-refractivity contribution in [1.29, 1.82) is 0 Å². The van der Waals surface area contributed by atoms with Crippen LogP contribution in [0.2, 0.25) is 0 Å².